The molecule has 4 nitrogen and oxygen atoms in total. The van der Waals surface area contributed by atoms with Crippen LogP contribution in [0.2, 0.25) is 0 Å². The first-order chi connectivity index (χ1) is 12.2. The zero-order valence-corrected chi connectivity index (χ0v) is 17.2. The van der Waals surface area contributed by atoms with Crippen LogP contribution >= 0.6 is 11.3 Å². The topological polar surface area (TPSA) is 62.2 Å². The number of aliphatic hydroxyl groups is 1. The van der Waals surface area contributed by atoms with Crippen LogP contribution in [-0.4, -0.2) is 28.6 Å². The molecule has 0 saturated heterocycles. The van der Waals surface area contributed by atoms with Gasteiger partial charge in [-0.2, -0.15) is 0 Å². The highest BCUT2D eigenvalue weighted by atomic mass is 32.1. The fraction of sp³-hybridized carbons (Fsp3) is 0.619. The molecule has 3 rings (SSSR count). The molecule has 142 valence electrons. The Kier molecular flexibility index (Phi) is 5.40. The molecule has 0 saturated carbocycles. The van der Waals surface area contributed by atoms with E-state index in [-0.39, 0.29) is 24.5 Å². The molecule has 1 amide bonds. The Morgan fingerprint density at radius 3 is 2.73 bits per heavy atom. The van der Waals surface area contributed by atoms with Gasteiger partial charge in [0.15, 0.2) is 0 Å². The molecular formula is C21H30N2O2S. The Morgan fingerprint density at radius 1 is 1.38 bits per heavy atom. The molecule has 1 aliphatic rings. The number of aromatic nitrogens is 1. The molecule has 1 unspecified atom stereocenters. The molecule has 1 aliphatic carbocycles. The van der Waals surface area contributed by atoms with Crippen molar-refractivity contribution in [1.29, 1.82) is 0 Å². The quantitative estimate of drug-likeness (QED) is 0.843. The molecule has 0 aliphatic heterocycles. The minimum atomic E-state index is -0.221. The summed E-state index contributed by atoms with van der Waals surface area (Å²) in [5, 5.41) is 13.4. The Labute approximate surface area is 160 Å². The van der Waals surface area contributed by atoms with E-state index in [1.54, 1.807) is 0 Å². The van der Waals surface area contributed by atoms with Crippen LogP contribution in [0.1, 0.15) is 62.0 Å². The molecule has 2 aromatic rings. The van der Waals surface area contributed by atoms with Gasteiger partial charge in [-0.05, 0) is 54.2 Å². The van der Waals surface area contributed by atoms with Gasteiger partial charge in [0.05, 0.1) is 17.5 Å². The summed E-state index contributed by atoms with van der Waals surface area (Å²) in [5.41, 5.74) is 2.84. The number of aliphatic hydroxyl groups excluding tert-OH is 1. The third-order valence-corrected chi connectivity index (χ3v) is 6.68. The second-order valence-electron chi connectivity index (χ2n) is 8.91. The normalized spacial score (nSPS) is 18.8. The maximum Gasteiger partial charge on any atom is 0.261 e. The van der Waals surface area contributed by atoms with Gasteiger partial charge in [0.25, 0.3) is 5.91 Å². The van der Waals surface area contributed by atoms with Crippen molar-refractivity contribution in [2.75, 3.05) is 6.61 Å². The molecule has 0 aromatic carbocycles. The fourth-order valence-corrected chi connectivity index (χ4v) is 4.57. The van der Waals surface area contributed by atoms with Crippen molar-refractivity contribution < 1.29 is 9.90 Å². The van der Waals surface area contributed by atoms with Crippen LogP contribution in [-0.2, 0) is 12.8 Å². The summed E-state index contributed by atoms with van der Waals surface area (Å²) in [7, 11) is 0. The van der Waals surface area contributed by atoms with Crippen LogP contribution in [0.3, 0.4) is 0 Å². The first-order valence-electron chi connectivity index (χ1n) is 9.53. The summed E-state index contributed by atoms with van der Waals surface area (Å²) in [6.45, 7) is 10.9. The molecule has 26 heavy (non-hydrogen) atoms. The number of pyridine rings is 1. The van der Waals surface area contributed by atoms with Gasteiger partial charge in [-0.3, -0.25) is 4.79 Å². The van der Waals surface area contributed by atoms with Crippen LogP contribution in [0.25, 0.3) is 10.2 Å². The first kappa shape index (κ1) is 19.3. The maximum absolute atomic E-state index is 12.6. The van der Waals surface area contributed by atoms with Gasteiger partial charge < -0.3 is 10.4 Å². The SMILES string of the molecule is CC(C)[C@@H](CO)NC(=O)c1cc2cc3c(nc2s1)CCC(C(C)(C)C)C3. The smallest absolute Gasteiger partial charge is 0.261 e. The molecular weight excluding hydrogens is 344 g/mol. The van der Waals surface area contributed by atoms with Crippen molar-refractivity contribution in [3.05, 3.63) is 28.3 Å². The Bertz CT molecular complexity index is 804. The third-order valence-electron chi connectivity index (χ3n) is 5.64. The van der Waals surface area contributed by atoms with Crippen molar-refractivity contribution in [3.63, 3.8) is 0 Å². The lowest BCUT2D eigenvalue weighted by Crippen LogP contribution is -2.40. The van der Waals surface area contributed by atoms with E-state index >= 15 is 0 Å². The van der Waals surface area contributed by atoms with Crippen molar-refractivity contribution in [2.24, 2.45) is 17.3 Å². The van der Waals surface area contributed by atoms with Crippen LogP contribution in [0.4, 0.5) is 0 Å². The van der Waals surface area contributed by atoms with Crippen LogP contribution in [0.5, 0.6) is 0 Å². The zero-order valence-electron chi connectivity index (χ0n) is 16.4. The lowest BCUT2D eigenvalue weighted by Gasteiger charge is -2.34. The monoisotopic (exact) mass is 374 g/mol. The van der Waals surface area contributed by atoms with E-state index in [1.165, 1.54) is 29.0 Å². The summed E-state index contributed by atoms with van der Waals surface area (Å²) in [4.78, 5) is 19.0. The molecule has 5 heteroatoms. The van der Waals surface area contributed by atoms with E-state index in [2.05, 4.69) is 32.2 Å². The van der Waals surface area contributed by atoms with Gasteiger partial charge >= 0.3 is 0 Å². The van der Waals surface area contributed by atoms with Crippen LogP contribution < -0.4 is 5.32 Å². The number of rotatable bonds is 4. The number of thiophene rings is 1. The zero-order chi connectivity index (χ0) is 19.1. The van der Waals surface area contributed by atoms with E-state index in [0.717, 1.165) is 23.1 Å². The van der Waals surface area contributed by atoms with Crippen molar-refractivity contribution >= 4 is 27.5 Å². The number of fused-ring (bicyclic) bond motifs is 2. The van der Waals surface area contributed by atoms with E-state index in [9.17, 15) is 9.90 Å². The predicted molar refractivity (Wildman–Crippen MR) is 108 cm³/mol. The van der Waals surface area contributed by atoms with Gasteiger partial charge in [0, 0.05) is 11.1 Å². The summed E-state index contributed by atoms with van der Waals surface area (Å²) in [5.74, 6) is 0.747. The van der Waals surface area contributed by atoms with Gasteiger partial charge in [0.1, 0.15) is 4.83 Å². The average Bonchev–Trinajstić information content (AvgIpc) is 2.98. The molecule has 0 bridgehead atoms. The molecule has 2 aromatic heterocycles. The number of carbonyl (C=O) groups is 1. The minimum absolute atomic E-state index is 0.0466. The third kappa shape index (κ3) is 3.94. The second-order valence-corrected chi connectivity index (χ2v) is 9.94. The maximum atomic E-state index is 12.6. The molecule has 2 heterocycles. The number of nitrogens with one attached hydrogen (secondary N) is 1. The number of nitrogens with zero attached hydrogens (tertiary/aromatic N) is 1. The average molecular weight is 375 g/mol. The molecule has 2 N–H and O–H groups in total. The van der Waals surface area contributed by atoms with E-state index < -0.39 is 0 Å². The highest BCUT2D eigenvalue weighted by Gasteiger charge is 2.29. The van der Waals surface area contributed by atoms with E-state index in [4.69, 9.17) is 4.98 Å². The highest BCUT2D eigenvalue weighted by Crippen LogP contribution is 2.38. The van der Waals surface area contributed by atoms with Gasteiger partial charge in [-0.1, -0.05) is 34.6 Å². The van der Waals surface area contributed by atoms with Crippen LogP contribution in [0, 0.1) is 17.3 Å². The van der Waals surface area contributed by atoms with E-state index in [1.807, 2.05) is 19.9 Å². The van der Waals surface area contributed by atoms with E-state index in [0.29, 0.717) is 16.2 Å². The number of aryl methyl sites for hydroxylation is 1. The molecule has 2 atom stereocenters. The summed E-state index contributed by atoms with van der Waals surface area (Å²) in [6, 6.07) is 3.95. The second kappa shape index (κ2) is 7.28. The number of amides is 1. The molecule has 0 spiro atoms. The predicted octanol–water partition coefficient (Wildman–Crippen LogP) is 4.19. The number of hydrogen-bond acceptors (Lipinski definition) is 4. The molecule has 0 radical (unpaired) electrons. The Balaban J connectivity index is 1.85. The van der Waals surface area contributed by atoms with Crippen molar-refractivity contribution in [3.8, 4) is 0 Å². The minimum Gasteiger partial charge on any atom is -0.394 e. The summed E-state index contributed by atoms with van der Waals surface area (Å²) >= 11 is 1.44. The largest absolute Gasteiger partial charge is 0.394 e. The van der Waals surface area contributed by atoms with Gasteiger partial charge in [-0.15, -0.1) is 11.3 Å². The summed E-state index contributed by atoms with van der Waals surface area (Å²) < 4.78 is 0. The fourth-order valence-electron chi connectivity index (χ4n) is 3.64. The number of carbonyl (C=O) groups excluding carboxylic acids is 1. The molecule has 0 fully saturated rings. The van der Waals surface area contributed by atoms with Gasteiger partial charge in [-0.25, -0.2) is 4.98 Å². The lowest BCUT2D eigenvalue weighted by atomic mass is 9.71. The number of hydrogen-bond donors (Lipinski definition) is 2. The Morgan fingerprint density at radius 2 is 2.12 bits per heavy atom. The van der Waals surface area contributed by atoms with Crippen molar-refractivity contribution in [1.82, 2.24) is 10.3 Å². The highest BCUT2D eigenvalue weighted by molar-refractivity contribution is 7.20. The standard InChI is InChI=1S/C21H30N2O2S/c1-12(2)17(11-24)22-19(25)18-10-14-8-13-9-15(21(3,4)5)6-7-16(13)23-20(14)26-18/h8,10,12,15,17,24H,6-7,9,11H2,1-5H3,(H,22,25)/t15?,17-/m1/s1. The van der Waals surface area contributed by atoms with Gasteiger partial charge in [0.2, 0.25) is 0 Å². The lowest BCUT2D eigenvalue weighted by molar-refractivity contribution is 0.0901. The first-order valence-corrected chi connectivity index (χ1v) is 10.3. The van der Waals surface area contributed by atoms with Crippen molar-refractivity contribution in [2.45, 2.75) is 59.9 Å². The van der Waals surface area contributed by atoms with Crippen LogP contribution in [0.15, 0.2) is 12.1 Å². The summed E-state index contributed by atoms with van der Waals surface area (Å²) in [6.07, 6.45) is 3.27. The Hall–Kier alpha value is -1.46.